The van der Waals surface area contributed by atoms with Gasteiger partial charge in [-0.15, -0.1) is 0 Å². The number of aryl methyl sites for hydroxylation is 1. The fourth-order valence-corrected chi connectivity index (χ4v) is 2.57. The molecule has 7 heteroatoms. The Morgan fingerprint density at radius 3 is 2.59 bits per heavy atom. The molecule has 0 radical (unpaired) electrons. The number of carbonyl (C=O) groups is 2. The van der Waals surface area contributed by atoms with Crippen LogP contribution in [0.15, 0.2) is 36.4 Å². The van der Waals surface area contributed by atoms with Crippen molar-refractivity contribution in [3.05, 3.63) is 58.4 Å². The summed E-state index contributed by atoms with van der Waals surface area (Å²) in [7, 11) is 0. The Hall–Kier alpha value is -2.91. The number of amides is 1. The second-order valence-electron chi connectivity index (χ2n) is 5.87. The normalized spacial score (nSPS) is 10.2. The quantitative estimate of drug-likeness (QED) is 0.662. The Morgan fingerprint density at radius 1 is 1.26 bits per heavy atom. The third-order valence-corrected chi connectivity index (χ3v) is 4.31. The smallest absolute Gasteiger partial charge is 0.264 e. The number of carbonyl (C=O) groups excluding carboxylic acids is 2. The lowest BCUT2D eigenvalue weighted by molar-refractivity contribution is -0.120. The largest absolute Gasteiger partial charge is 0.484 e. The summed E-state index contributed by atoms with van der Waals surface area (Å²) in [5.74, 6) is -1.35. The zero-order valence-corrected chi connectivity index (χ0v) is 15.7. The summed E-state index contributed by atoms with van der Waals surface area (Å²) < 4.78 is 19.2. The average molecular weight is 389 g/mol. The van der Waals surface area contributed by atoms with Crippen LogP contribution in [0.4, 0.5) is 10.1 Å². The molecule has 2 rings (SSSR count). The van der Waals surface area contributed by atoms with E-state index in [1.54, 1.807) is 18.2 Å². The maximum Gasteiger partial charge on any atom is 0.264 e. The van der Waals surface area contributed by atoms with Crippen molar-refractivity contribution in [1.29, 1.82) is 5.26 Å². The van der Waals surface area contributed by atoms with E-state index in [0.717, 1.165) is 11.6 Å². The van der Waals surface area contributed by atoms with Gasteiger partial charge in [-0.1, -0.05) is 11.6 Å². The van der Waals surface area contributed by atoms with Crippen LogP contribution < -0.4 is 9.64 Å². The number of anilines is 1. The van der Waals surface area contributed by atoms with Gasteiger partial charge in [0.25, 0.3) is 5.91 Å². The highest BCUT2D eigenvalue weighted by molar-refractivity contribution is 6.31. The maximum atomic E-state index is 13.9. The number of rotatable bonds is 7. The molecule has 0 unspecified atom stereocenters. The van der Waals surface area contributed by atoms with Crippen LogP contribution in [0.1, 0.15) is 29.3 Å². The van der Waals surface area contributed by atoms with Crippen molar-refractivity contribution in [1.82, 2.24) is 0 Å². The average Bonchev–Trinajstić information content (AvgIpc) is 2.62. The number of benzene rings is 2. The van der Waals surface area contributed by atoms with E-state index in [1.165, 1.54) is 24.0 Å². The minimum absolute atomic E-state index is 0.0408. The van der Waals surface area contributed by atoms with E-state index >= 15 is 0 Å². The van der Waals surface area contributed by atoms with Crippen molar-refractivity contribution in [3.8, 4) is 11.8 Å². The third-order valence-electron chi connectivity index (χ3n) is 3.88. The van der Waals surface area contributed by atoms with E-state index in [4.69, 9.17) is 21.6 Å². The standard InChI is InChI=1S/C20H18ClFN2O3/c1-13-10-15(4-7-18(13)21)24(9-3-8-23)20(26)12-27-16-5-6-17(14(2)25)19(22)11-16/h4-7,10-11H,3,9,12H2,1-2H3. The molecule has 0 aliphatic rings. The highest BCUT2D eigenvalue weighted by Gasteiger charge is 2.17. The number of ether oxygens (including phenoxy) is 1. The van der Waals surface area contributed by atoms with Gasteiger partial charge in [-0.2, -0.15) is 5.26 Å². The van der Waals surface area contributed by atoms with Gasteiger partial charge < -0.3 is 9.64 Å². The van der Waals surface area contributed by atoms with E-state index in [0.29, 0.717) is 10.7 Å². The summed E-state index contributed by atoms with van der Waals surface area (Å²) in [4.78, 5) is 25.3. The molecular formula is C20H18ClFN2O3. The molecule has 0 aromatic heterocycles. The Morgan fingerprint density at radius 2 is 2.00 bits per heavy atom. The summed E-state index contributed by atoms with van der Waals surface area (Å²) >= 11 is 6.02. The molecule has 0 spiro atoms. The Labute approximate surface area is 161 Å². The molecular weight excluding hydrogens is 371 g/mol. The molecule has 0 bridgehead atoms. The van der Waals surface area contributed by atoms with Crippen molar-refractivity contribution >= 4 is 29.0 Å². The summed E-state index contributed by atoms with van der Waals surface area (Å²) in [6.45, 7) is 2.93. The van der Waals surface area contributed by atoms with Crippen molar-refractivity contribution < 1.29 is 18.7 Å². The number of ketones is 1. The zero-order valence-electron chi connectivity index (χ0n) is 15.0. The number of nitriles is 1. The number of nitrogens with zero attached hydrogens (tertiary/aromatic N) is 2. The monoisotopic (exact) mass is 388 g/mol. The molecule has 0 aliphatic heterocycles. The van der Waals surface area contributed by atoms with Gasteiger partial charge in [0, 0.05) is 23.3 Å². The molecule has 0 N–H and O–H groups in total. The molecule has 1 amide bonds. The summed E-state index contributed by atoms with van der Waals surface area (Å²) in [5, 5.41) is 9.42. The summed E-state index contributed by atoms with van der Waals surface area (Å²) in [6, 6.07) is 10.9. The molecule has 5 nitrogen and oxygen atoms in total. The fraction of sp³-hybridized carbons (Fsp3) is 0.250. The van der Waals surface area contributed by atoms with Gasteiger partial charge in [0.2, 0.25) is 0 Å². The number of hydrogen-bond donors (Lipinski definition) is 0. The van der Waals surface area contributed by atoms with Gasteiger partial charge in [0.15, 0.2) is 12.4 Å². The minimum Gasteiger partial charge on any atom is -0.484 e. The van der Waals surface area contributed by atoms with Crippen molar-refractivity contribution in [2.75, 3.05) is 18.1 Å². The third kappa shape index (κ3) is 5.28. The first-order valence-electron chi connectivity index (χ1n) is 8.20. The molecule has 0 saturated heterocycles. The Bertz CT molecular complexity index is 909. The molecule has 140 valence electrons. The summed E-state index contributed by atoms with van der Waals surface area (Å²) in [5.41, 5.74) is 1.35. The van der Waals surface area contributed by atoms with Crippen LogP contribution in [-0.4, -0.2) is 24.8 Å². The second kappa shape index (κ2) is 9.15. The molecule has 0 saturated carbocycles. The van der Waals surface area contributed by atoms with Crippen molar-refractivity contribution in [3.63, 3.8) is 0 Å². The molecule has 0 fully saturated rings. The van der Waals surface area contributed by atoms with Crippen LogP contribution in [0.5, 0.6) is 5.75 Å². The topological polar surface area (TPSA) is 70.4 Å². The second-order valence-corrected chi connectivity index (χ2v) is 6.28. The van der Waals surface area contributed by atoms with E-state index in [1.807, 2.05) is 13.0 Å². The minimum atomic E-state index is -0.706. The van der Waals surface area contributed by atoms with Crippen LogP contribution in [0.25, 0.3) is 0 Å². The SMILES string of the molecule is CC(=O)c1ccc(OCC(=O)N(CCC#N)c2ccc(Cl)c(C)c2)cc1F. The predicted octanol–water partition coefficient (Wildman–Crippen LogP) is 4.32. The lowest BCUT2D eigenvalue weighted by atomic mass is 10.1. The first kappa shape index (κ1) is 20.4. The Kier molecular flexibility index (Phi) is 6.91. The first-order chi connectivity index (χ1) is 12.8. The number of halogens is 2. The van der Waals surface area contributed by atoms with Gasteiger partial charge in [-0.05, 0) is 49.7 Å². The van der Waals surface area contributed by atoms with E-state index in [9.17, 15) is 14.0 Å². The van der Waals surface area contributed by atoms with Gasteiger partial charge in [0.1, 0.15) is 11.6 Å². The lowest BCUT2D eigenvalue weighted by Crippen LogP contribution is -2.35. The molecule has 27 heavy (non-hydrogen) atoms. The highest BCUT2D eigenvalue weighted by Crippen LogP contribution is 2.23. The maximum absolute atomic E-state index is 13.9. The zero-order chi connectivity index (χ0) is 20.0. The van der Waals surface area contributed by atoms with Gasteiger partial charge in [-0.25, -0.2) is 4.39 Å². The fourth-order valence-electron chi connectivity index (χ4n) is 2.45. The van der Waals surface area contributed by atoms with E-state index < -0.39 is 11.6 Å². The van der Waals surface area contributed by atoms with Gasteiger partial charge >= 0.3 is 0 Å². The van der Waals surface area contributed by atoms with Gasteiger partial charge in [-0.3, -0.25) is 9.59 Å². The molecule has 0 heterocycles. The van der Waals surface area contributed by atoms with Crippen LogP contribution in [-0.2, 0) is 4.79 Å². The molecule has 2 aromatic rings. The molecule has 0 aliphatic carbocycles. The number of hydrogen-bond acceptors (Lipinski definition) is 4. The van der Waals surface area contributed by atoms with Crippen LogP contribution in [0.3, 0.4) is 0 Å². The Balaban J connectivity index is 2.14. The number of Topliss-reactive ketones (excluding diaryl/α,β-unsaturated/α-hetero) is 1. The first-order valence-corrected chi connectivity index (χ1v) is 8.58. The lowest BCUT2D eigenvalue weighted by Gasteiger charge is -2.22. The van der Waals surface area contributed by atoms with Gasteiger partial charge in [0.05, 0.1) is 18.1 Å². The molecule has 2 aromatic carbocycles. The molecule has 0 atom stereocenters. The van der Waals surface area contributed by atoms with E-state index in [2.05, 4.69) is 0 Å². The predicted molar refractivity (Wildman–Crippen MR) is 101 cm³/mol. The van der Waals surface area contributed by atoms with Crippen LogP contribution in [0.2, 0.25) is 5.02 Å². The van der Waals surface area contributed by atoms with Crippen molar-refractivity contribution in [2.45, 2.75) is 20.3 Å². The van der Waals surface area contributed by atoms with Crippen LogP contribution in [0, 0.1) is 24.1 Å². The van der Waals surface area contributed by atoms with E-state index in [-0.39, 0.29) is 36.8 Å². The van der Waals surface area contributed by atoms with Crippen LogP contribution >= 0.6 is 11.6 Å². The summed E-state index contributed by atoms with van der Waals surface area (Å²) in [6.07, 6.45) is 0.148. The van der Waals surface area contributed by atoms with Crippen molar-refractivity contribution in [2.24, 2.45) is 0 Å². The highest BCUT2D eigenvalue weighted by atomic mass is 35.5.